The molecule has 1 fully saturated rings. The van der Waals surface area contributed by atoms with Crippen molar-refractivity contribution in [2.75, 3.05) is 26.2 Å². The zero-order chi connectivity index (χ0) is 14.0. The minimum Gasteiger partial charge on any atom is -0.342 e. The van der Waals surface area contributed by atoms with Crippen LogP contribution in [0.2, 0.25) is 0 Å². The van der Waals surface area contributed by atoms with Gasteiger partial charge in [-0.3, -0.25) is 4.79 Å². The summed E-state index contributed by atoms with van der Waals surface area (Å²) < 4.78 is 0. The summed E-state index contributed by atoms with van der Waals surface area (Å²) in [5.74, 6) is 0.270. The van der Waals surface area contributed by atoms with Crippen molar-refractivity contribution in [2.45, 2.75) is 38.5 Å². The molecule has 0 aliphatic carbocycles. The summed E-state index contributed by atoms with van der Waals surface area (Å²) >= 11 is 0. The maximum absolute atomic E-state index is 12.0. The zero-order valence-corrected chi connectivity index (χ0v) is 12.3. The number of hydrogen-bond acceptors (Lipinski definition) is 2. The summed E-state index contributed by atoms with van der Waals surface area (Å²) in [5.41, 5.74) is 1.37. The Kier molecular flexibility index (Phi) is 6.58. The molecule has 1 amide bonds. The van der Waals surface area contributed by atoms with Crippen LogP contribution in [0.4, 0.5) is 0 Å². The molecule has 0 atom stereocenters. The van der Waals surface area contributed by atoms with Crippen LogP contribution in [0.15, 0.2) is 30.3 Å². The quantitative estimate of drug-likeness (QED) is 0.809. The van der Waals surface area contributed by atoms with E-state index in [4.69, 9.17) is 0 Å². The van der Waals surface area contributed by atoms with Gasteiger partial charge in [-0.15, -0.1) is 0 Å². The van der Waals surface area contributed by atoms with Crippen LogP contribution < -0.4 is 5.32 Å². The average Bonchev–Trinajstić information content (AvgIpc) is 2.77. The van der Waals surface area contributed by atoms with Crippen LogP contribution >= 0.6 is 0 Å². The van der Waals surface area contributed by atoms with Crippen molar-refractivity contribution in [3.63, 3.8) is 0 Å². The Balaban J connectivity index is 1.57. The van der Waals surface area contributed by atoms with Crippen molar-refractivity contribution >= 4 is 5.91 Å². The standard InChI is InChI=1S/C17H26N2O/c20-17(19-13-6-1-2-7-14-19)15-18-12-8-11-16-9-4-3-5-10-16/h3-5,9-10,18H,1-2,6-8,11-15H2. The Bertz CT molecular complexity index is 383. The fourth-order valence-electron chi connectivity index (χ4n) is 2.69. The van der Waals surface area contributed by atoms with Gasteiger partial charge in [0.1, 0.15) is 0 Å². The fraction of sp³-hybridized carbons (Fsp3) is 0.588. The SMILES string of the molecule is O=C(CNCCCc1ccccc1)N1CCCCCC1. The van der Waals surface area contributed by atoms with Crippen LogP contribution in [0.1, 0.15) is 37.7 Å². The molecule has 0 radical (unpaired) electrons. The third-order valence-corrected chi connectivity index (χ3v) is 3.90. The first-order chi connectivity index (χ1) is 9.86. The molecule has 0 spiro atoms. The van der Waals surface area contributed by atoms with Crippen LogP contribution in [0, 0.1) is 0 Å². The maximum Gasteiger partial charge on any atom is 0.236 e. The molecule has 1 aliphatic heterocycles. The highest BCUT2D eigenvalue weighted by molar-refractivity contribution is 5.78. The Labute approximate surface area is 122 Å². The maximum atomic E-state index is 12.0. The summed E-state index contributed by atoms with van der Waals surface area (Å²) in [6, 6.07) is 10.5. The average molecular weight is 274 g/mol. The molecule has 1 aromatic carbocycles. The van der Waals surface area contributed by atoms with E-state index in [9.17, 15) is 4.79 Å². The van der Waals surface area contributed by atoms with Gasteiger partial charge in [0.25, 0.3) is 0 Å². The van der Waals surface area contributed by atoms with E-state index in [1.165, 1.54) is 31.2 Å². The highest BCUT2D eigenvalue weighted by Gasteiger charge is 2.14. The fourth-order valence-corrected chi connectivity index (χ4v) is 2.69. The lowest BCUT2D eigenvalue weighted by atomic mass is 10.1. The second-order valence-electron chi connectivity index (χ2n) is 5.56. The lowest BCUT2D eigenvalue weighted by molar-refractivity contribution is -0.130. The minimum atomic E-state index is 0.270. The molecule has 0 aromatic heterocycles. The van der Waals surface area contributed by atoms with Gasteiger partial charge in [0.15, 0.2) is 0 Å². The van der Waals surface area contributed by atoms with Gasteiger partial charge in [0.2, 0.25) is 5.91 Å². The highest BCUT2D eigenvalue weighted by atomic mass is 16.2. The summed E-state index contributed by atoms with van der Waals surface area (Å²) in [6.45, 7) is 3.30. The number of likely N-dealkylation sites (tertiary alicyclic amines) is 1. The first kappa shape index (κ1) is 15.0. The number of amides is 1. The van der Waals surface area contributed by atoms with Crippen molar-refractivity contribution < 1.29 is 4.79 Å². The predicted molar refractivity (Wildman–Crippen MR) is 82.7 cm³/mol. The molecule has 1 saturated heterocycles. The molecule has 0 unspecified atom stereocenters. The van der Waals surface area contributed by atoms with Crippen molar-refractivity contribution in [2.24, 2.45) is 0 Å². The molecule has 3 heteroatoms. The first-order valence-corrected chi connectivity index (χ1v) is 7.89. The largest absolute Gasteiger partial charge is 0.342 e. The van der Waals surface area contributed by atoms with E-state index in [1.807, 2.05) is 11.0 Å². The van der Waals surface area contributed by atoms with E-state index in [1.54, 1.807) is 0 Å². The molecule has 1 heterocycles. The summed E-state index contributed by atoms with van der Waals surface area (Å²) in [4.78, 5) is 14.1. The summed E-state index contributed by atoms with van der Waals surface area (Å²) in [6.07, 6.45) is 7.03. The molecule has 0 bridgehead atoms. The Morgan fingerprint density at radius 3 is 2.45 bits per heavy atom. The summed E-state index contributed by atoms with van der Waals surface area (Å²) in [7, 11) is 0. The number of nitrogens with zero attached hydrogens (tertiary/aromatic N) is 1. The van der Waals surface area contributed by atoms with Crippen LogP contribution in [-0.2, 0) is 11.2 Å². The van der Waals surface area contributed by atoms with E-state index < -0.39 is 0 Å². The molecule has 1 aliphatic rings. The van der Waals surface area contributed by atoms with Gasteiger partial charge in [0.05, 0.1) is 6.54 Å². The van der Waals surface area contributed by atoms with Crippen molar-refractivity contribution in [3.8, 4) is 0 Å². The van der Waals surface area contributed by atoms with Gasteiger partial charge in [-0.2, -0.15) is 0 Å². The van der Waals surface area contributed by atoms with Gasteiger partial charge in [0, 0.05) is 13.1 Å². The monoisotopic (exact) mass is 274 g/mol. The lowest BCUT2D eigenvalue weighted by Crippen LogP contribution is -2.39. The van der Waals surface area contributed by atoms with E-state index in [0.29, 0.717) is 6.54 Å². The molecule has 1 N–H and O–H groups in total. The second kappa shape index (κ2) is 8.75. The Morgan fingerprint density at radius 1 is 1.05 bits per heavy atom. The third-order valence-electron chi connectivity index (χ3n) is 3.90. The molecule has 3 nitrogen and oxygen atoms in total. The van der Waals surface area contributed by atoms with E-state index >= 15 is 0 Å². The Morgan fingerprint density at radius 2 is 1.75 bits per heavy atom. The number of aryl methyl sites for hydroxylation is 1. The summed E-state index contributed by atoms with van der Waals surface area (Å²) in [5, 5.41) is 3.28. The van der Waals surface area contributed by atoms with Gasteiger partial charge >= 0.3 is 0 Å². The second-order valence-corrected chi connectivity index (χ2v) is 5.56. The van der Waals surface area contributed by atoms with E-state index in [0.717, 1.165) is 32.5 Å². The van der Waals surface area contributed by atoms with E-state index in [-0.39, 0.29) is 5.91 Å². The molecular formula is C17H26N2O. The number of carbonyl (C=O) groups excluding carboxylic acids is 1. The number of nitrogens with one attached hydrogen (secondary N) is 1. The smallest absolute Gasteiger partial charge is 0.236 e. The van der Waals surface area contributed by atoms with E-state index in [2.05, 4.69) is 29.6 Å². The molecular weight excluding hydrogens is 248 g/mol. The van der Waals surface area contributed by atoms with Crippen LogP contribution in [0.5, 0.6) is 0 Å². The van der Waals surface area contributed by atoms with Crippen LogP contribution in [0.3, 0.4) is 0 Å². The highest BCUT2D eigenvalue weighted by Crippen LogP contribution is 2.09. The van der Waals surface area contributed by atoms with Crippen LogP contribution in [-0.4, -0.2) is 37.0 Å². The number of carbonyl (C=O) groups is 1. The Hall–Kier alpha value is -1.35. The van der Waals surface area contributed by atoms with Crippen molar-refractivity contribution in [1.82, 2.24) is 10.2 Å². The third kappa shape index (κ3) is 5.33. The van der Waals surface area contributed by atoms with Crippen LogP contribution in [0.25, 0.3) is 0 Å². The topological polar surface area (TPSA) is 32.3 Å². The van der Waals surface area contributed by atoms with Gasteiger partial charge in [-0.25, -0.2) is 0 Å². The molecule has 0 saturated carbocycles. The van der Waals surface area contributed by atoms with Crippen molar-refractivity contribution in [1.29, 1.82) is 0 Å². The first-order valence-electron chi connectivity index (χ1n) is 7.89. The number of benzene rings is 1. The molecule has 2 rings (SSSR count). The van der Waals surface area contributed by atoms with Gasteiger partial charge in [-0.1, -0.05) is 43.2 Å². The van der Waals surface area contributed by atoms with Gasteiger partial charge < -0.3 is 10.2 Å². The molecule has 110 valence electrons. The predicted octanol–water partition coefficient (Wildman–Crippen LogP) is 2.61. The lowest BCUT2D eigenvalue weighted by Gasteiger charge is -2.20. The normalized spacial score (nSPS) is 15.9. The number of hydrogen-bond donors (Lipinski definition) is 1. The molecule has 20 heavy (non-hydrogen) atoms. The molecule has 1 aromatic rings. The number of rotatable bonds is 6. The van der Waals surface area contributed by atoms with Crippen molar-refractivity contribution in [3.05, 3.63) is 35.9 Å². The van der Waals surface area contributed by atoms with Gasteiger partial charge in [-0.05, 0) is 37.8 Å². The minimum absolute atomic E-state index is 0.270. The zero-order valence-electron chi connectivity index (χ0n) is 12.3.